The van der Waals surface area contributed by atoms with Gasteiger partial charge in [-0.05, 0) is 25.0 Å². The van der Waals surface area contributed by atoms with Crippen molar-refractivity contribution in [2.24, 2.45) is 0 Å². The van der Waals surface area contributed by atoms with Crippen LogP contribution in [0, 0.1) is 17.1 Å². The van der Waals surface area contributed by atoms with E-state index in [9.17, 15) is 4.39 Å². The Kier molecular flexibility index (Phi) is 4.79. The van der Waals surface area contributed by atoms with Gasteiger partial charge in [0.1, 0.15) is 5.82 Å². The van der Waals surface area contributed by atoms with Crippen LogP contribution in [0.2, 0.25) is 0 Å². The standard InChI is InChI=1S/C12H15FN2/c1-10(15-8-4-7-14)9-11-5-2-3-6-12(11)13/h2-3,5-6,10,15H,4,8-9H2,1H3. The molecule has 0 aromatic heterocycles. The molecule has 0 heterocycles. The molecule has 0 fully saturated rings. The number of nitrogens with one attached hydrogen (secondary N) is 1. The predicted octanol–water partition coefficient (Wildman–Crippen LogP) is 2.26. The first-order valence-corrected chi connectivity index (χ1v) is 5.07. The zero-order valence-corrected chi connectivity index (χ0v) is 8.83. The van der Waals surface area contributed by atoms with E-state index in [1.165, 1.54) is 6.07 Å². The molecule has 1 unspecified atom stereocenters. The van der Waals surface area contributed by atoms with Gasteiger partial charge in [0.15, 0.2) is 0 Å². The van der Waals surface area contributed by atoms with Gasteiger partial charge < -0.3 is 5.32 Å². The molecule has 1 N–H and O–H groups in total. The molecule has 80 valence electrons. The van der Waals surface area contributed by atoms with Crippen molar-refractivity contribution in [1.82, 2.24) is 5.32 Å². The van der Waals surface area contributed by atoms with E-state index in [-0.39, 0.29) is 11.9 Å². The Bertz CT molecular complexity index is 344. The molecule has 3 heteroatoms. The number of nitrogens with zero attached hydrogens (tertiary/aromatic N) is 1. The minimum Gasteiger partial charge on any atom is -0.313 e. The van der Waals surface area contributed by atoms with Crippen molar-refractivity contribution in [3.8, 4) is 6.07 Å². The molecular weight excluding hydrogens is 191 g/mol. The van der Waals surface area contributed by atoms with Gasteiger partial charge in [-0.15, -0.1) is 0 Å². The van der Waals surface area contributed by atoms with E-state index in [0.717, 1.165) is 5.56 Å². The maximum atomic E-state index is 13.3. The number of benzene rings is 1. The second kappa shape index (κ2) is 6.15. The van der Waals surface area contributed by atoms with Crippen molar-refractivity contribution in [3.63, 3.8) is 0 Å². The molecule has 0 aliphatic carbocycles. The normalized spacial score (nSPS) is 12.1. The summed E-state index contributed by atoms with van der Waals surface area (Å²) in [5.41, 5.74) is 0.717. The van der Waals surface area contributed by atoms with Crippen LogP contribution in [0.5, 0.6) is 0 Å². The molecule has 0 radical (unpaired) electrons. The van der Waals surface area contributed by atoms with Crippen molar-refractivity contribution in [2.75, 3.05) is 6.54 Å². The summed E-state index contributed by atoms with van der Waals surface area (Å²) >= 11 is 0. The van der Waals surface area contributed by atoms with Gasteiger partial charge in [0, 0.05) is 19.0 Å². The SMILES string of the molecule is CC(Cc1ccccc1F)NCCC#N. The van der Waals surface area contributed by atoms with Gasteiger partial charge in [-0.25, -0.2) is 4.39 Å². The summed E-state index contributed by atoms with van der Waals surface area (Å²) in [6.07, 6.45) is 1.14. The Hall–Kier alpha value is -1.40. The van der Waals surface area contributed by atoms with Crippen LogP contribution in [0.15, 0.2) is 24.3 Å². The van der Waals surface area contributed by atoms with Gasteiger partial charge in [0.05, 0.1) is 6.07 Å². The van der Waals surface area contributed by atoms with E-state index in [1.54, 1.807) is 12.1 Å². The highest BCUT2D eigenvalue weighted by Crippen LogP contribution is 2.08. The van der Waals surface area contributed by atoms with Crippen LogP contribution >= 0.6 is 0 Å². The molecule has 1 rings (SSSR count). The Morgan fingerprint density at radius 3 is 2.87 bits per heavy atom. The lowest BCUT2D eigenvalue weighted by Gasteiger charge is -2.12. The summed E-state index contributed by atoms with van der Waals surface area (Å²) in [7, 11) is 0. The summed E-state index contributed by atoms with van der Waals surface area (Å²) < 4.78 is 13.3. The van der Waals surface area contributed by atoms with E-state index in [0.29, 0.717) is 19.4 Å². The van der Waals surface area contributed by atoms with Crippen LogP contribution in [-0.2, 0) is 6.42 Å². The minimum absolute atomic E-state index is 0.161. The van der Waals surface area contributed by atoms with Gasteiger partial charge >= 0.3 is 0 Å². The fourth-order valence-electron chi connectivity index (χ4n) is 1.44. The van der Waals surface area contributed by atoms with Crippen molar-refractivity contribution in [2.45, 2.75) is 25.8 Å². The highest BCUT2D eigenvalue weighted by atomic mass is 19.1. The van der Waals surface area contributed by atoms with Crippen LogP contribution in [0.25, 0.3) is 0 Å². The van der Waals surface area contributed by atoms with Crippen molar-refractivity contribution >= 4 is 0 Å². The Morgan fingerprint density at radius 2 is 2.20 bits per heavy atom. The second-order valence-electron chi connectivity index (χ2n) is 3.56. The van der Waals surface area contributed by atoms with Gasteiger partial charge in [-0.2, -0.15) is 5.26 Å². The topological polar surface area (TPSA) is 35.8 Å². The molecule has 0 bridgehead atoms. The third-order valence-corrected chi connectivity index (χ3v) is 2.21. The van der Waals surface area contributed by atoms with Gasteiger partial charge in [0.25, 0.3) is 0 Å². The van der Waals surface area contributed by atoms with Crippen LogP contribution in [0.1, 0.15) is 18.9 Å². The Morgan fingerprint density at radius 1 is 1.47 bits per heavy atom. The van der Waals surface area contributed by atoms with Gasteiger partial charge in [0.2, 0.25) is 0 Å². The van der Waals surface area contributed by atoms with Gasteiger partial charge in [-0.3, -0.25) is 0 Å². The molecule has 0 spiro atoms. The first-order valence-electron chi connectivity index (χ1n) is 5.07. The molecule has 1 atom stereocenters. The fourth-order valence-corrected chi connectivity index (χ4v) is 1.44. The van der Waals surface area contributed by atoms with Crippen molar-refractivity contribution in [1.29, 1.82) is 5.26 Å². The summed E-state index contributed by atoms with van der Waals surface area (Å²) in [6.45, 7) is 2.65. The van der Waals surface area contributed by atoms with E-state index in [2.05, 4.69) is 11.4 Å². The Balaban J connectivity index is 2.41. The molecule has 0 aliphatic rings. The summed E-state index contributed by atoms with van der Waals surface area (Å²) in [4.78, 5) is 0. The Labute approximate surface area is 89.7 Å². The molecule has 0 saturated carbocycles. The monoisotopic (exact) mass is 206 g/mol. The van der Waals surface area contributed by atoms with E-state index in [1.807, 2.05) is 13.0 Å². The molecule has 15 heavy (non-hydrogen) atoms. The molecular formula is C12H15FN2. The molecule has 0 aliphatic heterocycles. The third kappa shape index (κ3) is 4.09. The predicted molar refractivity (Wildman–Crippen MR) is 57.8 cm³/mol. The number of hydrogen-bond acceptors (Lipinski definition) is 2. The molecule has 1 aromatic rings. The van der Waals surface area contributed by atoms with Crippen LogP contribution in [0.3, 0.4) is 0 Å². The van der Waals surface area contributed by atoms with Crippen LogP contribution in [0.4, 0.5) is 4.39 Å². The number of hydrogen-bond donors (Lipinski definition) is 1. The first-order chi connectivity index (χ1) is 7.24. The highest BCUT2D eigenvalue weighted by molar-refractivity contribution is 5.18. The lowest BCUT2D eigenvalue weighted by atomic mass is 10.1. The second-order valence-corrected chi connectivity index (χ2v) is 3.56. The third-order valence-electron chi connectivity index (χ3n) is 2.21. The molecule has 0 saturated heterocycles. The van der Waals surface area contributed by atoms with Crippen LogP contribution < -0.4 is 5.32 Å². The summed E-state index contributed by atoms with van der Waals surface area (Å²) in [5, 5.41) is 11.5. The average molecular weight is 206 g/mol. The molecule has 2 nitrogen and oxygen atoms in total. The molecule has 0 amide bonds. The fraction of sp³-hybridized carbons (Fsp3) is 0.417. The zero-order chi connectivity index (χ0) is 11.1. The van der Waals surface area contributed by atoms with E-state index >= 15 is 0 Å². The minimum atomic E-state index is -0.161. The average Bonchev–Trinajstić information content (AvgIpc) is 2.22. The highest BCUT2D eigenvalue weighted by Gasteiger charge is 2.05. The van der Waals surface area contributed by atoms with E-state index in [4.69, 9.17) is 5.26 Å². The quantitative estimate of drug-likeness (QED) is 0.750. The summed E-state index contributed by atoms with van der Waals surface area (Å²) in [5.74, 6) is -0.161. The van der Waals surface area contributed by atoms with E-state index < -0.39 is 0 Å². The lowest BCUT2D eigenvalue weighted by Crippen LogP contribution is -2.29. The van der Waals surface area contributed by atoms with Crippen molar-refractivity contribution < 1.29 is 4.39 Å². The number of halogens is 1. The smallest absolute Gasteiger partial charge is 0.126 e. The van der Waals surface area contributed by atoms with Crippen molar-refractivity contribution in [3.05, 3.63) is 35.6 Å². The van der Waals surface area contributed by atoms with Gasteiger partial charge in [-0.1, -0.05) is 18.2 Å². The zero-order valence-electron chi connectivity index (χ0n) is 8.83. The number of nitriles is 1. The number of rotatable bonds is 5. The maximum Gasteiger partial charge on any atom is 0.126 e. The maximum absolute atomic E-state index is 13.3. The first kappa shape index (κ1) is 11.7. The van der Waals surface area contributed by atoms with Crippen LogP contribution in [-0.4, -0.2) is 12.6 Å². The summed E-state index contributed by atoms with van der Waals surface area (Å²) in [6, 6.07) is 9.03. The lowest BCUT2D eigenvalue weighted by molar-refractivity contribution is 0.532. The molecule has 1 aromatic carbocycles. The largest absolute Gasteiger partial charge is 0.313 e.